The lowest BCUT2D eigenvalue weighted by Gasteiger charge is -2.18. The fourth-order valence-corrected chi connectivity index (χ4v) is 4.59. The highest BCUT2D eigenvalue weighted by molar-refractivity contribution is 5.88. The lowest BCUT2D eigenvalue weighted by atomic mass is 10.0. The van der Waals surface area contributed by atoms with E-state index >= 15 is 0 Å². The van der Waals surface area contributed by atoms with Crippen LogP contribution in [0.2, 0.25) is 0 Å². The molecule has 0 bridgehead atoms. The highest BCUT2D eigenvalue weighted by atomic mass is 16.6. The van der Waals surface area contributed by atoms with Crippen molar-refractivity contribution < 1.29 is 14.3 Å². The van der Waals surface area contributed by atoms with Crippen LogP contribution >= 0.6 is 0 Å². The van der Waals surface area contributed by atoms with Crippen LogP contribution in [0.3, 0.4) is 0 Å². The molecule has 170 valence electrons. The van der Waals surface area contributed by atoms with Crippen LogP contribution in [0.5, 0.6) is 5.75 Å². The highest BCUT2D eigenvalue weighted by Crippen LogP contribution is 2.33. The van der Waals surface area contributed by atoms with E-state index in [1.165, 1.54) is 11.1 Å². The number of H-pyrrole nitrogens is 1. The number of pyridine rings is 1. The topological polar surface area (TPSA) is 70.7 Å². The van der Waals surface area contributed by atoms with E-state index in [0.29, 0.717) is 18.8 Å². The molecule has 7 heteroatoms. The number of methoxy groups -OCH3 is 1. The molecule has 7 nitrogen and oxygen atoms in total. The maximum Gasteiger partial charge on any atom is 0.410 e. The second-order valence-corrected chi connectivity index (χ2v) is 8.55. The molecule has 3 heterocycles. The Hall–Kier alpha value is -3.58. The van der Waals surface area contributed by atoms with Gasteiger partial charge in [0.25, 0.3) is 0 Å². The van der Waals surface area contributed by atoms with Crippen molar-refractivity contribution >= 4 is 27.9 Å². The summed E-state index contributed by atoms with van der Waals surface area (Å²) in [6.07, 6.45) is 2.06. The van der Waals surface area contributed by atoms with Gasteiger partial charge in [0.05, 0.1) is 13.7 Å². The molecule has 1 N–H and O–H groups in total. The van der Waals surface area contributed by atoms with Gasteiger partial charge in [0.1, 0.15) is 17.4 Å². The van der Waals surface area contributed by atoms with Crippen molar-refractivity contribution in [3.63, 3.8) is 0 Å². The molecule has 33 heavy (non-hydrogen) atoms. The molecule has 0 radical (unpaired) electrons. The van der Waals surface area contributed by atoms with Gasteiger partial charge in [-0.05, 0) is 49.7 Å². The van der Waals surface area contributed by atoms with Crippen molar-refractivity contribution in [3.05, 3.63) is 72.1 Å². The molecule has 0 saturated carbocycles. The van der Waals surface area contributed by atoms with Crippen LogP contribution in [0, 0.1) is 0 Å². The molecule has 1 fully saturated rings. The Morgan fingerprint density at radius 3 is 2.94 bits per heavy atom. The number of amides is 1. The number of ether oxygens (including phenoxy) is 2. The molecule has 1 saturated heterocycles. The Morgan fingerprint density at radius 2 is 2.09 bits per heavy atom. The third-order valence-corrected chi connectivity index (χ3v) is 6.22. The predicted molar refractivity (Wildman–Crippen MR) is 128 cm³/mol. The van der Waals surface area contributed by atoms with Gasteiger partial charge in [0.2, 0.25) is 0 Å². The van der Waals surface area contributed by atoms with Crippen LogP contribution in [0.4, 0.5) is 4.79 Å². The van der Waals surface area contributed by atoms with Gasteiger partial charge in [-0.2, -0.15) is 0 Å². The number of nitrogens with one attached hydrogen (secondary N) is 1. The lowest BCUT2D eigenvalue weighted by molar-refractivity contribution is 0.132. The summed E-state index contributed by atoms with van der Waals surface area (Å²) >= 11 is 0. The summed E-state index contributed by atoms with van der Waals surface area (Å²) in [6, 6.07) is 18.2. The zero-order valence-electron chi connectivity index (χ0n) is 19.0. The van der Waals surface area contributed by atoms with Gasteiger partial charge < -0.3 is 24.3 Å². The minimum Gasteiger partial charge on any atom is -0.494 e. The average Bonchev–Trinajstić information content (AvgIpc) is 3.40. The van der Waals surface area contributed by atoms with Crippen molar-refractivity contribution in [1.29, 1.82) is 0 Å². The van der Waals surface area contributed by atoms with E-state index in [0.717, 1.165) is 41.5 Å². The maximum atomic E-state index is 12.5. The number of aromatic amines is 1. The highest BCUT2D eigenvalue weighted by Gasteiger charge is 2.33. The van der Waals surface area contributed by atoms with Gasteiger partial charge in [0, 0.05) is 41.4 Å². The van der Waals surface area contributed by atoms with Crippen LogP contribution in [-0.2, 0) is 11.3 Å². The Labute approximate surface area is 192 Å². The van der Waals surface area contributed by atoms with Crippen molar-refractivity contribution in [2.45, 2.75) is 19.1 Å². The second-order valence-electron chi connectivity index (χ2n) is 8.55. The van der Waals surface area contributed by atoms with Gasteiger partial charge in [-0.1, -0.05) is 30.3 Å². The molecule has 1 aliphatic heterocycles. The molecule has 0 unspecified atom stereocenters. The first kappa shape index (κ1) is 21.3. The normalized spacial score (nSPS) is 16.2. The van der Waals surface area contributed by atoms with Gasteiger partial charge >= 0.3 is 6.09 Å². The first-order valence-electron chi connectivity index (χ1n) is 11.2. The smallest absolute Gasteiger partial charge is 0.410 e. The second kappa shape index (κ2) is 9.11. The summed E-state index contributed by atoms with van der Waals surface area (Å²) in [4.78, 5) is 24.5. The summed E-state index contributed by atoms with van der Waals surface area (Å²) in [7, 11) is 3.74. The Bertz CT molecular complexity index is 1250. The molecular formula is C26H28N4O3. The largest absolute Gasteiger partial charge is 0.494 e. The summed E-state index contributed by atoms with van der Waals surface area (Å²) in [6.45, 7) is 2.94. The van der Waals surface area contributed by atoms with Gasteiger partial charge in [-0.25, -0.2) is 4.79 Å². The number of aromatic nitrogens is 2. The summed E-state index contributed by atoms with van der Waals surface area (Å²) in [5.74, 6) is 0.716. The zero-order chi connectivity index (χ0) is 22.8. The molecule has 2 aromatic carbocycles. The monoisotopic (exact) mass is 444 g/mol. The maximum absolute atomic E-state index is 12.5. The molecule has 1 aliphatic rings. The number of carbonyl (C=O) groups is 1. The van der Waals surface area contributed by atoms with E-state index in [-0.39, 0.29) is 12.2 Å². The number of fused-ring (bicyclic) bond motifs is 2. The van der Waals surface area contributed by atoms with E-state index in [9.17, 15) is 4.79 Å². The number of hydrogen-bond acceptors (Lipinski definition) is 5. The number of benzene rings is 2. The van der Waals surface area contributed by atoms with Gasteiger partial charge in [-0.15, -0.1) is 0 Å². The van der Waals surface area contributed by atoms with Gasteiger partial charge in [0.15, 0.2) is 0 Å². The fourth-order valence-electron chi connectivity index (χ4n) is 4.59. The van der Waals surface area contributed by atoms with Crippen LogP contribution < -0.4 is 4.74 Å². The van der Waals surface area contributed by atoms with E-state index < -0.39 is 0 Å². The third-order valence-electron chi connectivity index (χ3n) is 6.22. The SMILES string of the molecule is COc1cccc2c([C@@H]3CN(CCCN(C)Cc4cc5ccccc5[nH]4)C(=O)O3)ccnc12. The first-order valence-corrected chi connectivity index (χ1v) is 11.2. The summed E-state index contributed by atoms with van der Waals surface area (Å²) in [5.41, 5.74) is 4.10. The molecule has 0 aliphatic carbocycles. The Balaban J connectivity index is 1.18. The quantitative estimate of drug-likeness (QED) is 0.425. The Morgan fingerprint density at radius 1 is 1.21 bits per heavy atom. The van der Waals surface area contributed by atoms with E-state index in [1.807, 2.05) is 30.3 Å². The van der Waals surface area contributed by atoms with Crippen LogP contribution in [0.15, 0.2) is 60.8 Å². The standard InChI is InChI=1S/C26H28N4O3/c1-29(16-19-15-18-7-3-4-9-22(18)28-19)13-6-14-30-17-24(33-26(30)31)20-11-12-27-25-21(20)8-5-10-23(25)32-2/h3-5,7-12,15,24,28H,6,13-14,16-17H2,1-2H3/t24-/m0/s1. The van der Waals surface area contributed by atoms with Crippen molar-refractivity contribution in [2.24, 2.45) is 0 Å². The number of nitrogens with zero attached hydrogens (tertiary/aromatic N) is 3. The van der Waals surface area contributed by atoms with E-state index in [4.69, 9.17) is 9.47 Å². The zero-order valence-corrected chi connectivity index (χ0v) is 19.0. The van der Waals surface area contributed by atoms with Gasteiger partial charge in [-0.3, -0.25) is 4.98 Å². The molecule has 1 atom stereocenters. The molecule has 5 rings (SSSR count). The predicted octanol–water partition coefficient (Wildman–Crippen LogP) is 4.74. The van der Waals surface area contributed by atoms with Crippen LogP contribution in [-0.4, -0.2) is 59.7 Å². The number of carbonyl (C=O) groups excluding carboxylic acids is 1. The summed E-state index contributed by atoms with van der Waals surface area (Å²) < 4.78 is 11.2. The van der Waals surface area contributed by atoms with Crippen molar-refractivity contribution in [3.8, 4) is 5.75 Å². The van der Waals surface area contributed by atoms with Crippen LogP contribution in [0.1, 0.15) is 23.8 Å². The Kier molecular flexibility index (Phi) is 5.88. The number of hydrogen-bond donors (Lipinski definition) is 1. The number of cyclic esters (lactones) is 1. The lowest BCUT2D eigenvalue weighted by Crippen LogP contribution is -2.29. The third kappa shape index (κ3) is 4.36. The number of para-hydroxylation sites is 2. The molecule has 0 spiro atoms. The molecular weight excluding hydrogens is 416 g/mol. The molecule has 2 aromatic heterocycles. The minimum atomic E-state index is -0.306. The fraction of sp³-hybridized carbons (Fsp3) is 0.308. The van der Waals surface area contributed by atoms with Crippen molar-refractivity contribution in [2.75, 3.05) is 33.8 Å². The average molecular weight is 445 g/mol. The molecule has 1 amide bonds. The van der Waals surface area contributed by atoms with E-state index in [1.54, 1.807) is 18.2 Å². The summed E-state index contributed by atoms with van der Waals surface area (Å²) in [5, 5.41) is 2.18. The van der Waals surface area contributed by atoms with E-state index in [2.05, 4.69) is 46.2 Å². The number of rotatable bonds is 8. The first-order chi connectivity index (χ1) is 16.1. The van der Waals surface area contributed by atoms with Crippen LogP contribution in [0.25, 0.3) is 21.8 Å². The van der Waals surface area contributed by atoms with Crippen molar-refractivity contribution in [1.82, 2.24) is 19.8 Å². The molecule has 4 aromatic rings. The minimum absolute atomic E-state index is 0.258.